The quantitative estimate of drug-likeness (QED) is 0.892. The van der Waals surface area contributed by atoms with Gasteiger partial charge in [0.1, 0.15) is 0 Å². The Morgan fingerprint density at radius 2 is 2.11 bits per heavy atom. The lowest BCUT2D eigenvalue weighted by atomic mass is 9.74. The first-order chi connectivity index (χ1) is 8.92. The van der Waals surface area contributed by atoms with Crippen molar-refractivity contribution in [3.8, 4) is 0 Å². The summed E-state index contributed by atoms with van der Waals surface area (Å²) in [5.74, 6) is -1.19. The number of carboxylic acid groups (broad SMARTS) is 1. The summed E-state index contributed by atoms with van der Waals surface area (Å²) in [7, 11) is 0. The molecule has 19 heavy (non-hydrogen) atoms. The van der Waals surface area contributed by atoms with Crippen LogP contribution in [0.5, 0.6) is 0 Å². The summed E-state index contributed by atoms with van der Waals surface area (Å²) in [6.07, 6.45) is 2.31. The third-order valence-corrected chi connectivity index (χ3v) is 3.86. The van der Waals surface area contributed by atoms with Crippen molar-refractivity contribution in [3.63, 3.8) is 0 Å². The largest absolute Gasteiger partial charge is 0.481 e. The van der Waals surface area contributed by atoms with Crippen LogP contribution in [0.4, 0.5) is 0 Å². The molecule has 0 atom stereocenters. The molecule has 1 aromatic carbocycles. The van der Waals surface area contributed by atoms with Crippen LogP contribution in [0.3, 0.4) is 0 Å². The number of aliphatic carboxylic acids is 1. The van der Waals surface area contributed by atoms with Crippen molar-refractivity contribution >= 4 is 23.5 Å². The van der Waals surface area contributed by atoms with Crippen LogP contribution in [-0.2, 0) is 4.79 Å². The lowest BCUT2D eigenvalue weighted by Crippen LogP contribution is -2.54. The summed E-state index contributed by atoms with van der Waals surface area (Å²) in [6, 6.07) is 5.20. The summed E-state index contributed by atoms with van der Waals surface area (Å²) >= 11 is 6.04. The molecule has 1 aromatic rings. The van der Waals surface area contributed by atoms with E-state index in [0.717, 1.165) is 12.0 Å². The second-order valence-corrected chi connectivity index (χ2v) is 5.55. The lowest BCUT2D eigenvalue weighted by molar-refractivity contribution is -0.139. The molecule has 1 amide bonds. The van der Waals surface area contributed by atoms with E-state index in [1.165, 1.54) is 0 Å². The molecule has 0 saturated heterocycles. The van der Waals surface area contributed by atoms with Gasteiger partial charge < -0.3 is 10.4 Å². The minimum Gasteiger partial charge on any atom is -0.481 e. The smallest absolute Gasteiger partial charge is 0.305 e. The second-order valence-electron chi connectivity index (χ2n) is 5.14. The molecule has 0 aliphatic heterocycles. The van der Waals surface area contributed by atoms with Crippen molar-refractivity contribution in [1.82, 2.24) is 5.32 Å². The standard InChI is InChI=1S/C14H16ClNO3/c1-9-3-4-10(11(15)7-9)13(19)16-14(5-2-6-14)8-12(17)18/h3-4,7H,2,5-6,8H2,1H3,(H,16,19)(H,17,18). The molecular formula is C14H16ClNO3. The molecule has 5 heteroatoms. The number of hydrogen-bond donors (Lipinski definition) is 2. The number of nitrogens with one attached hydrogen (secondary N) is 1. The molecule has 0 spiro atoms. The van der Waals surface area contributed by atoms with Gasteiger partial charge in [-0.3, -0.25) is 9.59 Å². The molecule has 2 rings (SSSR count). The predicted molar refractivity (Wildman–Crippen MR) is 72.5 cm³/mol. The number of rotatable bonds is 4. The fourth-order valence-corrected chi connectivity index (χ4v) is 2.67. The van der Waals surface area contributed by atoms with Gasteiger partial charge in [0.15, 0.2) is 0 Å². The zero-order valence-electron chi connectivity index (χ0n) is 10.7. The number of hydrogen-bond acceptors (Lipinski definition) is 2. The Morgan fingerprint density at radius 1 is 1.42 bits per heavy atom. The van der Waals surface area contributed by atoms with Crippen LogP contribution in [0.25, 0.3) is 0 Å². The highest BCUT2D eigenvalue weighted by Gasteiger charge is 2.40. The fraction of sp³-hybridized carbons (Fsp3) is 0.429. The van der Waals surface area contributed by atoms with E-state index in [2.05, 4.69) is 5.32 Å². The third-order valence-electron chi connectivity index (χ3n) is 3.55. The van der Waals surface area contributed by atoms with Gasteiger partial charge in [0.2, 0.25) is 0 Å². The molecule has 1 aliphatic carbocycles. The monoisotopic (exact) mass is 281 g/mol. The highest BCUT2D eigenvalue weighted by atomic mass is 35.5. The fourth-order valence-electron chi connectivity index (χ4n) is 2.35. The van der Waals surface area contributed by atoms with E-state index in [9.17, 15) is 9.59 Å². The van der Waals surface area contributed by atoms with E-state index < -0.39 is 11.5 Å². The number of carboxylic acids is 1. The van der Waals surface area contributed by atoms with Gasteiger partial charge in [-0.05, 0) is 43.9 Å². The van der Waals surface area contributed by atoms with Crippen LogP contribution in [0.2, 0.25) is 5.02 Å². The maximum absolute atomic E-state index is 12.2. The summed E-state index contributed by atoms with van der Waals surface area (Å²) < 4.78 is 0. The number of aryl methyl sites for hydroxylation is 1. The van der Waals surface area contributed by atoms with Crippen molar-refractivity contribution < 1.29 is 14.7 Å². The molecular weight excluding hydrogens is 266 g/mol. The Balaban J connectivity index is 2.13. The van der Waals surface area contributed by atoms with Gasteiger partial charge in [-0.1, -0.05) is 17.7 Å². The molecule has 1 aliphatic rings. The number of amides is 1. The molecule has 0 aromatic heterocycles. The molecule has 0 radical (unpaired) electrons. The van der Waals surface area contributed by atoms with Gasteiger partial charge in [0, 0.05) is 0 Å². The van der Waals surface area contributed by atoms with E-state index >= 15 is 0 Å². The van der Waals surface area contributed by atoms with Crippen LogP contribution in [-0.4, -0.2) is 22.5 Å². The Bertz CT molecular complexity index is 523. The normalized spacial score (nSPS) is 16.5. The number of carbonyl (C=O) groups is 2. The van der Waals surface area contributed by atoms with Gasteiger partial charge in [0.05, 0.1) is 22.5 Å². The van der Waals surface area contributed by atoms with Crippen molar-refractivity contribution in [1.29, 1.82) is 0 Å². The van der Waals surface area contributed by atoms with Gasteiger partial charge in [-0.15, -0.1) is 0 Å². The zero-order chi connectivity index (χ0) is 14.0. The maximum atomic E-state index is 12.2. The summed E-state index contributed by atoms with van der Waals surface area (Å²) in [5, 5.41) is 12.1. The van der Waals surface area contributed by atoms with Crippen molar-refractivity contribution in [2.45, 2.75) is 38.1 Å². The lowest BCUT2D eigenvalue weighted by Gasteiger charge is -2.41. The molecule has 1 fully saturated rings. The Kier molecular flexibility index (Phi) is 3.80. The van der Waals surface area contributed by atoms with Crippen LogP contribution in [0.15, 0.2) is 18.2 Å². The Labute approximate surface area is 116 Å². The average molecular weight is 282 g/mol. The van der Waals surface area contributed by atoms with E-state index in [0.29, 0.717) is 23.4 Å². The van der Waals surface area contributed by atoms with Crippen LogP contribution >= 0.6 is 11.6 Å². The molecule has 102 valence electrons. The first-order valence-electron chi connectivity index (χ1n) is 6.22. The van der Waals surface area contributed by atoms with Crippen LogP contribution < -0.4 is 5.32 Å². The van der Waals surface area contributed by atoms with Crippen molar-refractivity contribution in [2.24, 2.45) is 0 Å². The van der Waals surface area contributed by atoms with E-state index in [1.54, 1.807) is 12.1 Å². The Hall–Kier alpha value is -1.55. The number of halogens is 1. The topological polar surface area (TPSA) is 66.4 Å². The van der Waals surface area contributed by atoms with Gasteiger partial charge in [-0.25, -0.2) is 0 Å². The van der Waals surface area contributed by atoms with Crippen molar-refractivity contribution in [3.05, 3.63) is 34.3 Å². The van der Waals surface area contributed by atoms with E-state index in [1.807, 2.05) is 13.0 Å². The molecule has 2 N–H and O–H groups in total. The minimum atomic E-state index is -0.894. The number of benzene rings is 1. The predicted octanol–water partition coefficient (Wildman–Crippen LogP) is 2.78. The maximum Gasteiger partial charge on any atom is 0.305 e. The summed E-state index contributed by atoms with van der Waals surface area (Å²) in [6.45, 7) is 1.89. The molecule has 0 unspecified atom stereocenters. The molecule has 1 saturated carbocycles. The first kappa shape index (κ1) is 13.9. The first-order valence-corrected chi connectivity index (χ1v) is 6.60. The highest BCUT2D eigenvalue weighted by molar-refractivity contribution is 6.33. The van der Waals surface area contributed by atoms with Crippen LogP contribution in [0.1, 0.15) is 41.6 Å². The molecule has 0 heterocycles. The van der Waals surface area contributed by atoms with E-state index in [4.69, 9.17) is 16.7 Å². The summed E-state index contributed by atoms with van der Waals surface area (Å²) in [4.78, 5) is 23.0. The zero-order valence-corrected chi connectivity index (χ0v) is 11.5. The third kappa shape index (κ3) is 3.07. The van der Waals surface area contributed by atoms with Gasteiger partial charge in [0.25, 0.3) is 5.91 Å². The average Bonchev–Trinajstić information content (AvgIpc) is 2.25. The Morgan fingerprint density at radius 3 is 2.58 bits per heavy atom. The number of carbonyl (C=O) groups excluding carboxylic acids is 1. The van der Waals surface area contributed by atoms with E-state index in [-0.39, 0.29) is 12.3 Å². The summed E-state index contributed by atoms with van der Waals surface area (Å²) in [5.41, 5.74) is 0.770. The van der Waals surface area contributed by atoms with Gasteiger partial charge >= 0.3 is 5.97 Å². The van der Waals surface area contributed by atoms with Gasteiger partial charge in [-0.2, -0.15) is 0 Å². The second kappa shape index (κ2) is 5.21. The SMILES string of the molecule is Cc1ccc(C(=O)NC2(CC(=O)O)CCC2)c(Cl)c1. The van der Waals surface area contributed by atoms with Crippen LogP contribution in [0, 0.1) is 6.92 Å². The minimum absolute atomic E-state index is 0.0395. The van der Waals surface area contributed by atoms with Crippen molar-refractivity contribution in [2.75, 3.05) is 0 Å². The molecule has 4 nitrogen and oxygen atoms in total. The highest BCUT2D eigenvalue weighted by Crippen LogP contribution is 2.35. The molecule has 0 bridgehead atoms.